The van der Waals surface area contributed by atoms with Crippen molar-refractivity contribution in [1.82, 2.24) is 10.2 Å². The lowest BCUT2D eigenvalue weighted by atomic mass is 10.0. The van der Waals surface area contributed by atoms with E-state index < -0.39 is 0 Å². The SMILES string of the molecule is CC[C@H](c1cc(I)ccc1F)N1CCNCC1.Cl.Cl. The van der Waals surface area contributed by atoms with Crippen molar-refractivity contribution in [1.29, 1.82) is 0 Å². The summed E-state index contributed by atoms with van der Waals surface area (Å²) in [6.07, 6.45) is 0.955. The molecule has 6 heteroatoms. The number of hydrogen-bond acceptors (Lipinski definition) is 2. The van der Waals surface area contributed by atoms with Crippen LogP contribution >= 0.6 is 47.4 Å². The van der Waals surface area contributed by atoms with Crippen LogP contribution < -0.4 is 5.32 Å². The quantitative estimate of drug-likeness (QED) is 0.751. The van der Waals surface area contributed by atoms with Gasteiger partial charge in [0.25, 0.3) is 0 Å². The molecule has 1 saturated heterocycles. The molecule has 0 unspecified atom stereocenters. The van der Waals surface area contributed by atoms with Gasteiger partial charge < -0.3 is 5.32 Å². The standard InChI is InChI=1S/C13H18FIN2.2ClH/c1-2-13(17-7-5-16-6-8-17)11-9-10(15)3-4-12(11)14;;/h3-4,9,13,16H,2,5-8H2,1H3;2*1H/t13-;;/m1../s1. The molecule has 1 aliphatic heterocycles. The molecule has 1 fully saturated rings. The summed E-state index contributed by atoms with van der Waals surface area (Å²) < 4.78 is 15.0. The van der Waals surface area contributed by atoms with Crippen LogP contribution in [0.1, 0.15) is 24.9 Å². The summed E-state index contributed by atoms with van der Waals surface area (Å²) in [7, 11) is 0. The number of benzene rings is 1. The van der Waals surface area contributed by atoms with E-state index in [4.69, 9.17) is 0 Å². The number of rotatable bonds is 3. The van der Waals surface area contributed by atoms with E-state index in [1.54, 1.807) is 6.07 Å². The van der Waals surface area contributed by atoms with Crippen LogP contribution in [0.15, 0.2) is 18.2 Å². The first-order valence-electron chi connectivity index (χ1n) is 6.12. The third-order valence-corrected chi connectivity index (χ3v) is 3.97. The number of nitrogens with one attached hydrogen (secondary N) is 1. The third kappa shape index (κ3) is 5.01. The summed E-state index contributed by atoms with van der Waals surface area (Å²) >= 11 is 2.25. The van der Waals surface area contributed by atoms with Gasteiger partial charge in [-0.1, -0.05) is 6.92 Å². The molecular weight excluding hydrogens is 401 g/mol. The van der Waals surface area contributed by atoms with Gasteiger partial charge in [0, 0.05) is 41.4 Å². The molecule has 1 atom stereocenters. The zero-order valence-electron chi connectivity index (χ0n) is 10.9. The fourth-order valence-electron chi connectivity index (χ4n) is 2.44. The maximum Gasteiger partial charge on any atom is 0.128 e. The lowest BCUT2D eigenvalue weighted by Crippen LogP contribution is -2.45. The second-order valence-corrected chi connectivity index (χ2v) is 5.62. The summed E-state index contributed by atoms with van der Waals surface area (Å²) in [6.45, 7) is 6.14. The van der Waals surface area contributed by atoms with Crippen molar-refractivity contribution in [3.05, 3.63) is 33.1 Å². The topological polar surface area (TPSA) is 15.3 Å². The Bertz CT molecular complexity index is 387. The van der Waals surface area contributed by atoms with Crippen LogP contribution in [0, 0.1) is 9.39 Å². The van der Waals surface area contributed by atoms with Crippen molar-refractivity contribution >= 4 is 47.4 Å². The second kappa shape index (κ2) is 9.34. The summed E-state index contributed by atoms with van der Waals surface area (Å²) in [4.78, 5) is 2.38. The van der Waals surface area contributed by atoms with Crippen molar-refractivity contribution in [2.75, 3.05) is 26.2 Å². The molecule has 1 N–H and O–H groups in total. The Kier molecular flexibility index (Phi) is 9.53. The molecule has 1 aliphatic rings. The van der Waals surface area contributed by atoms with Crippen molar-refractivity contribution < 1.29 is 4.39 Å². The molecule has 1 aromatic carbocycles. The lowest BCUT2D eigenvalue weighted by molar-refractivity contribution is 0.166. The number of piperazine rings is 1. The lowest BCUT2D eigenvalue weighted by Gasteiger charge is -2.34. The fourth-order valence-corrected chi connectivity index (χ4v) is 2.95. The average Bonchev–Trinajstić information content (AvgIpc) is 2.36. The van der Waals surface area contributed by atoms with Crippen LogP contribution in [-0.2, 0) is 0 Å². The summed E-state index contributed by atoms with van der Waals surface area (Å²) in [6, 6.07) is 5.60. The van der Waals surface area contributed by atoms with Gasteiger partial charge in [-0.25, -0.2) is 4.39 Å². The first-order chi connectivity index (χ1) is 8.22. The van der Waals surface area contributed by atoms with E-state index in [2.05, 4.69) is 39.7 Å². The maximum absolute atomic E-state index is 13.9. The molecule has 0 spiro atoms. The molecule has 110 valence electrons. The van der Waals surface area contributed by atoms with Crippen LogP contribution in [0.25, 0.3) is 0 Å². The molecule has 0 bridgehead atoms. The number of hydrogen-bond donors (Lipinski definition) is 1. The van der Waals surface area contributed by atoms with Gasteiger partial charge in [0.15, 0.2) is 0 Å². The van der Waals surface area contributed by atoms with Crippen LogP contribution in [0.4, 0.5) is 4.39 Å². The Morgan fingerprint density at radius 1 is 1.32 bits per heavy atom. The van der Waals surface area contributed by atoms with E-state index in [0.717, 1.165) is 41.7 Å². The van der Waals surface area contributed by atoms with Gasteiger partial charge >= 0.3 is 0 Å². The Morgan fingerprint density at radius 3 is 2.53 bits per heavy atom. The van der Waals surface area contributed by atoms with Gasteiger partial charge in [-0.05, 0) is 47.2 Å². The Balaban J connectivity index is 0.00000162. The summed E-state index contributed by atoms with van der Waals surface area (Å²) in [5.41, 5.74) is 0.848. The maximum atomic E-state index is 13.9. The van der Waals surface area contributed by atoms with E-state index in [9.17, 15) is 4.39 Å². The normalized spacial score (nSPS) is 17.2. The van der Waals surface area contributed by atoms with E-state index in [1.807, 2.05) is 12.1 Å². The highest BCUT2D eigenvalue weighted by molar-refractivity contribution is 14.1. The molecule has 1 aromatic rings. The van der Waals surface area contributed by atoms with Crippen molar-refractivity contribution in [3.8, 4) is 0 Å². The molecule has 2 rings (SSSR count). The second-order valence-electron chi connectivity index (χ2n) is 4.38. The van der Waals surface area contributed by atoms with Crippen LogP contribution in [0.5, 0.6) is 0 Å². The van der Waals surface area contributed by atoms with E-state index in [1.165, 1.54) is 0 Å². The minimum atomic E-state index is -0.0733. The molecular formula is C13H20Cl2FIN2. The van der Waals surface area contributed by atoms with Crippen LogP contribution in [0.3, 0.4) is 0 Å². The largest absolute Gasteiger partial charge is 0.314 e. The predicted molar refractivity (Wildman–Crippen MR) is 91.1 cm³/mol. The van der Waals surface area contributed by atoms with Gasteiger partial charge in [0.05, 0.1) is 0 Å². The molecule has 0 amide bonds. The highest BCUT2D eigenvalue weighted by Gasteiger charge is 2.23. The van der Waals surface area contributed by atoms with Crippen molar-refractivity contribution in [2.24, 2.45) is 0 Å². The predicted octanol–water partition coefficient (Wildman–Crippen LogP) is 3.63. The monoisotopic (exact) mass is 420 g/mol. The zero-order chi connectivity index (χ0) is 12.3. The molecule has 0 radical (unpaired) electrons. The first-order valence-corrected chi connectivity index (χ1v) is 7.20. The van der Waals surface area contributed by atoms with Crippen molar-refractivity contribution in [3.63, 3.8) is 0 Å². The molecule has 0 aromatic heterocycles. The molecule has 1 heterocycles. The molecule has 2 nitrogen and oxygen atoms in total. The Morgan fingerprint density at radius 2 is 1.95 bits per heavy atom. The van der Waals surface area contributed by atoms with E-state index >= 15 is 0 Å². The van der Waals surface area contributed by atoms with Gasteiger partial charge in [0.1, 0.15) is 5.82 Å². The minimum Gasteiger partial charge on any atom is -0.314 e. The zero-order valence-corrected chi connectivity index (χ0v) is 14.7. The smallest absolute Gasteiger partial charge is 0.128 e. The van der Waals surface area contributed by atoms with Crippen molar-refractivity contribution in [2.45, 2.75) is 19.4 Å². The molecule has 0 saturated carbocycles. The van der Waals surface area contributed by atoms with E-state index in [-0.39, 0.29) is 36.7 Å². The van der Waals surface area contributed by atoms with Gasteiger partial charge in [0.2, 0.25) is 0 Å². The number of halogens is 4. The fraction of sp³-hybridized carbons (Fsp3) is 0.538. The Hall–Kier alpha value is 0.380. The van der Waals surface area contributed by atoms with E-state index in [0.29, 0.717) is 0 Å². The summed E-state index contributed by atoms with van der Waals surface area (Å²) in [5, 5.41) is 3.33. The minimum absolute atomic E-state index is 0. The average molecular weight is 421 g/mol. The molecule has 19 heavy (non-hydrogen) atoms. The first kappa shape index (κ1) is 19.4. The summed E-state index contributed by atoms with van der Waals surface area (Å²) in [5.74, 6) is -0.0733. The van der Waals surface area contributed by atoms with Crippen LogP contribution in [-0.4, -0.2) is 31.1 Å². The van der Waals surface area contributed by atoms with Gasteiger partial charge in [-0.2, -0.15) is 0 Å². The third-order valence-electron chi connectivity index (χ3n) is 3.30. The molecule has 0 aliphatic carbocycles. The highest BCUT2D eigenvalue weighted by atomic mass is 127. The van der Waals surface area contributed by atoms with Gasteiger partial charge in [-0.3, -0.25) is 4.90 Å². The van der Waals surface area contributed by atoms with Crippen LogP contribution in [0.2, 0.25) is 0 Å². The van der Waals surface area contributed by atoms with Gasteiger partial charge in [-0.15, -0.1) is 24.8 Å². The number of nitrogens with zero attached hydrogens (tertiary/aromatic N) is 1. The Labute approximate surface area is 140 Å². The highest BCUT2D eigenvalue weighted by Crippen LogP contribution is 2.28.